The maximum absolute atomic E-state index is 5.16. The molecule has 0 unspecified atom stereocenters. The molecule has 0 aromatic carbocycles. The number of aromatic nitrogens is 3. The van der Waals surface area contributed by atoms with E-state index in [2.05, 4.69) is 71.4 Å². The second-order valence-corrected chi connectivity index (χ2v) is 9.18. The van der Waals surface area contributed by atoms with E-state index in [0.29, 0.717) is 6.04 Å². The fourth-order valence-corrected chi connectivity index (χ4v) is 6.11. The highest BCUT2D eigenvalue weighted by atomic mass is 32.2. The molecule has 2 aliphatic rings. The third kappa shape index (κ3) is 3.05. The highest BCUT2D eigenvalue weighted by Gasteiger charge is 2.46. The van der Waals surface area contributed by atoms with Gasteiger partial charge in [-0.25, -0.2) is 4.98 Å². The summed E-state index contributed by atoms with van der Waals surface area (Å²) in [6.07, 6.45) is 4.89. The maximum Gasteiger partial charge on any atom is 0.160 e. The van der Waals surface area contributed by atoms with Crippen molar-refractivity contribution in [2.24, 2.45) is 4.99 Å². The molecule has 5 nitrogen and oxygen atoms in total. The minimum Gasteiger partial charge on any atom is -0.338 e. The first-order valence-electron chi connectivity index (χ1n) is 10.6. The van der Waals surface area contributed by atoms with Crippen LogP contribution < -0.4 is 0 Å². The Morgan fingerprint density at radius 1 is 1.07 bits per heavy atom. The Bertz CT molecular complexity index is 1100. The van der Waals surface area contributed by atoms with Gasteiger partial charge in [-0.05, 0) is 68.7 Å². The molecule has 0 saturated carbocycles. The fraction of sp³-hybridized carbons (Fsp3) is 0.375. The molecule has 3 aromatic heterocycles. The predicted molar refractivity (Wildman–Crippen MR) is 123 cm³/mol. The second kappa shape index (κ2) is 7.58. The van der Waals surface area contributed by atoms with Crippen molar-refractivity contribution in [3.8, 4) is 5.82 Å². The number of pyridine rings is 2. The summed E-state index contributed by atoms with van der Waals surface area (Å²) >= 11 is 1.89. The third-order valence-corrected chi connectivity index (χ3v) is 7.37. The monoisotopic (exact) mass is 417 g/mol. The van der Waals surface area contributed by atoms with Crippen molar-refractivity contribution in [3.63, 3.8) is 0 Å². The van der Waals surface area contributed by atoms with E-state index >= 15 is 0 Å². The van der Waals surface area contributed by atoms with Gasteiger partial charge in [0.1, 0.15) is 11.9 Å². The van der Waals surface area contributed by atoms with E-state index in [1.807, 2.05) is 36.3 Å². The van der Waals surface area contributed by atoms with Gasteiger partial charge in [0.2, 0.25) is 0 Å². The first-order valence-corrected chi connectivity index (χ1v) is 11.6. The summed E-state index contributed by atoms with van der Waals surface area (Å²) in [5.41, 5.74) is 6.02. The summed E-state index contributed by atoms with van der Waals surface area (Å²) in [5, 5.41) is 1.17. The number of nitrogens with zero attached hydrogens (tertiary/aromatic N) is 5. The average molecular weight is 418 g/mol. The van der Waals surface area contributed by atoms with Crippen LogP contribution in [0.4, 0.5) is 0 Å². The number of aryl methyl sites for hydroxylation is 2. The van der Waals surface area contributed by atoms with Crippen molar-refractivity contribution in [2.75, 3.05) is 5.75 Å². The Hall–Kier alpha value is -2.60. The fourth-order valence-electron chi connectivity index (χ4n) is 4.77. The Kier molecular flexibility index (Phi) is 4.89. The number of hydrogen-bond acceptors (Lipinski definition) is 5. The van der Waals surface area contributed by atoms with Crippen LogP contribution in [0.1, 0.15) is 53.6 Å². The summed E-state index contributed by atoms with van der Waals surface area (Å²) in [7, 11) is 0. The summed E-state index contributed by atoms with van der Waals surface area (Å²) in [6.45, 7) is 8.77. The average Bonchev–Trinajstić information content (AvgIpc) is 3.40. The van der Waals surface area contributed by atoms with Gasteiger partial charge < -0.3 is 9.47 Å². The molecule has 0 amide bonds. The topological polar surface area (TPSA) is 46.3 Å². The van der Waals surface area contributed by atoms with Gasteiger partial charge in [0.05, 0.1) is 11.7 Å². The molecule has 1 fully saturated rings. The van der Waals surface area contributed by atoms with Crippen molar-refractivity contribution in [1.82, 2.24) is 19.4 Å². The van der Waals surface area contributed by atoms with Crippen LogP contribution in [0, 0.1) is 20.8 Å². The van der Waals surface area contributed by atoms with Crippen molar-refractivity contribution >= 4 is 16.9 Å². The summed E-state index contributed by atoms with van der Waals surface area (Å²) in [4.78, 5) is 17.0. The van der Waals surface area contributed by atoms with Crippen LogP contribution in [0.5, 0.6) is 0 Å². The lowest BCUT2D eigenvalue weighted by atomic mass is 9.95. The van der Waals surface area contributed by atoms with Crippen LogP contribution in [0.2, 0.25) is 0 Å². The molecule has 154 valence electrons. The van der Waals surface area contributed by atoms with Crippen LogP contribution in [0.15, 0.2) is 53.8 Å². The summed E-state index contributed by atoms with van der Waals surface area (Å²) in [6, 6.07) is 13.4. The molecule has 5 heterocycles. The van der Waals surface area contributed by atoms with Crippen molar-refractivity contribution in [3.05, 3.63) is 77.0 Å². The van der Waals surface area contributed by atoms with Crippen molar-refractivity contribution in [1.29, 1.82) is 0 Å². The number of thioether (sulfide) groups is 1. The van der Waals surface area contributed by atoms with E-state index in [-0.39, 0.29) is 12.1 Å². The molecule has 5 rings (SSSR count). The molecular formula is C24H27N5S. The molecule has 0 aliphatic carbocycles. The lowest BCUT2D eigenvalue weighted by Crippen LogP contribution is -2.35. The predicted octanol–water partition coefficient (Wildman–Crippen LogP) is 5.17. The molecule has 0 spiro atoms. The molecule has 30 heavy (non-hydrogen) atoms. The zero-order valence-corrected chi connectivity index (χ0v) is 18.7. The quantitative estimate of drug-likeness (QED) is 0.587. The summed E-state index contributed by atoms with van der Waals surface area (Å²) < 4.78 is 2.28. The van der Waals surface area contributed by atoms with Gasteiger partial charge in [-0.15, -0.1) is 0 Å². The van der Waals surface area contributed by atoms with Crippen LogP contribution in [-0.2, 0) is 0 Å². The number of hydrogen-bond donors (Lipinski definition) is 0. The molecule has 6 heteroatoms. The Morgan fingerprint density at radius 2 is 1.93 bits per heavy atom. The van der Waals surface area contributed by atoms with E-state index in [1.54, 1.807) is 0 Å². The lowest BCUT2D eigenvalue weighted by molar-refractivity contribution is 0.254. The smallest absolute Gasteiger partial charge is 0.160 e. The summed E-state index contributed by atoms with van der Waals surface area (Å²) in [5.74, 6) is 2.09. The minimum atomic E-state index is 0.0162. The van der Waals surface area contributed by atoms with Crippen LogP contribution in [0.25, 0.3) is 5.82 Å². The number of rotatable bonds is 4. The van der Waals surface area contributed by atoms with Gasteiger partial charge in [-0.3, -0.25) is 9.98 Å². The Morgan fingerprint density at radius 3 is 2.67 bits per heavy atom. The van der Waals surface area contributed by atoms with Gasteiger partial charge in [0.25, 0.3) is 0 Å². The van der Waals surface area contributed by atoms with Crippen molar-refractivity contribution in [2.45, 2.75) is 52.2 Å². The number of amidine groups is 1. The molecule has 0 N–H and O–H groups in total. The van der Waals surface area contributed by atoms with Gasteiger partial charge in [-0.2, -0.15) is 0 Å². The Labute approximate surface area is 182 Å². The normalized spacial score (nSPS) is 23.0. The van der Waals surface area contributed by atoms with Gasteiger partial charge in [-0.1, -0.05) is 24.8 Å². The van der Waals surface area contributed by atoms with E-state index in [4.69, 9.17) is 4.99 Å². The van der Waals surface area contributed by atoms with E-state index in [1.165, 1.54) is 27.7 Å². The van der Waals surface area contributed by atoms with E-state index < -0.39 is 0 Å². The first kappa shape index (κ1) is 19.4. The van der Waals surface area contributed by atoms with Crippen LogP contribution in [-0.4, -0.2) is 36.4 Å². The van der Waals surface area contributed by atoms with Gasteiger partial charge in [0, 0.05) is 35.6 Å². The first-order chi connectivity index (χ1) is 14.6. The number of aliphatic imine (C=N–C) groups is 1. The minimum absolute atomic E-state index is 0.0162. The highest BCUT2D eigenvalue weighted by molar-refractivity contribution is 8.14. The largest absolute Gasteiger partial charge is 0.338 e. The van der Waals surface area contributed by atoms with Crippen LogP contribution >= 0.6 is 11.8 Å². The van der Waals surface area contributed by atoms with E-state index in [0.717, 1.165) is 23.7 Å². The van der Waals surface area contributed by atoms with Gasteiger partial charge in [0.15, 0.2) is 5.17 Å². The molecule has 0 radical (unpaired) electrons. The molecule has 3 atom stereocenters. The maximum atomic E-state index is 5.16. The molecule has 0 bridgehead atoms. The molecule has 2 aliphatic heterocycles. The van der Waals surface area contributed by atoms with E-state index in [9.17, 15) is 0 Å². The van der Waals surface area contributed by atoms with Gasteiger partial charge >= 0.3 is 0 Å². The highest BCUT2D eigenvalue weighted by Crippen LogP contribution is 2.49. The molecular weight excluding hydrogens is 390 g/mol. The van der Waals surface area contributed by atoms with Crippen molar-refractivity contribution < 1.29 is 0 Å². The lowest BCUT2D eigenvalue weighted by Gasteiger charge is -2.32. The number of fused-ring (bicyclic) bond motifs is 1. The standard InChI is InChI=1S/C24H27N5S/c1-5-18-14-30-24-27-22(20-8-6-7-10-25-20)23(29(18)24)19-13-16(3)28(17(19)4)21-12-15(2)9-11-26-21/h6-13,18,22-23H,5,14H2,1-4H3/t18-,22-,23-/m1/s1. The third-order valence-electron chi connectivity index (χ3n) is 6.25. The second-order valence-electron chi connectivity index (χ2n) is 8.19. The zero-order chi connectivity index (χ0) is 20.8. The Balaban J connectivity index is 1.64. The molecule has 1 saturated heterocycles. The van der Waals surface area contributed by atoms with Crippen LogP contribution in [0.3, 0.4) is 0 Å². The zero-order valence-electron chi connectivity index (χ0n) is 17.9. The molecule has 3 aromatic rings. The SMILES string of the molecule is CC[C@@H]1CSC2=N[C@H](c3ccccn3)[C@@H](c3cc(C)n(-c4cc(C)ccn4)c3C)N21.